The van der Waals surface area contributed by atoms with Crippen LogP contribution in [0.1, 0.15) is 22.8 Å². The molecule has 4 rings (SSSR count). The van der Waals surface area contributed by atoms with Gasteiger partial charge in [0.1, 0.15) is 11.3 Å². The molecule has 2 aromatic carbocycles. The number of ether oxygens (including phenoxy) is 1. The molecule has 30 heavy (non-hydrogen) atoms. The van der Waals surface area contributed by atoms with E-state index in [2.05, 4.69) is 4.98 Å². The van der Waals surface area contributed by atoms with Crippen LogP contribution in [0.3, 0.4) is 0 Å². The molecule has 4 aromatic rings. The van der Waals surface area contributed by atoms with E-state index in [0.717, 1.165) is 15.8 Å². The van der Waals surface area contributed by atoms with Gasteiger partial charge in [-0.1, -0.05) is 46.7 Å². The van der Waals surface area contributed by atoms with Crippen molar-refractivity contribution < 1.29 is 9.53 Å². The Morgan fingerprint density at radius 3 is 2.63 bits per heavy atom. The molecular weight excluding hydrogens is 441 g/mol. The molecule has 0 unspecified atom stereocenters. The van der Waals surface area contributed by atoms with E-state index in [9.17, 15) is 4.79 Å². The highest BCUT2D eigenvalue weighted by atomic mass is 35.5. The lowest BCUT2D eigenvalue weighted by Gasteiger charge is -2.20. The smallest absolute Gasteiger partial charge is 0.260 e. The number of anilines is 1. The average Bonchev–Trinajstić information content (AvgIpc) is 3.17. The number of rotatable bonds is 6. The Labute approximate surface area is 187 Å². The number of hydrogen-bond acceptors (Lipinski definition) is 5. The van der Waals surface area contributed by atoms with Gasteiger partial charge in [-0.3, -0.25) is 14.7 Å². The van der Waals surface area contributed by atoms with Gasteiger partial charge in [0.15, 0.2) is 5.13 Å². The summed E-state index contributed by atoms with van der Waals surface area (Å²) in [6.45, 7) is 2.76. The summed E-state index contributed by atoms with van der Waals surface area (Å²) in [5.74, 6) is 0.442. The number of benzene rings is 2. The number of para-hydroxylation sites is 1. The van der Waals surface area contributed by atoms with Crippen LogP contribution in [0.5, 0.6) is 5.75 Å². The molecule has 2 aromatic heterocycles. The van der Waals surface area contributed by atoms with Crippen molar-refractivity contribution in [2.75, 3.05) is 11.5 Å². The second-order valence-corrected chi connectivity index (χ2v) is 8.33. The minimum atomic E-state index is -0.250. The Balaban J connectivity index is 1.80. The zero-order chi connectivity index (χ0) is 21.1. The fourth-order valence-corrected chi connectivity index (χ4v) is 4.54. The lowest BCUT2D eigenvalue weighted by molar-refractivity contribution is 0.0985. The number of carbonyl (C=O) groups excluding carboxylic acids is 1. The first-order chi connectivity index (χ1) is 14.5. The Bertz CT molecular complexity index is 1180. The quantitative estimate of drug-likeness (QED) is 0.343. The molecule has 0 atom stereocenters. The van der Waals surface area contributed by atoms with Crippen LogP contribution in [-0.2, 0) is 6.54 Å². The minimum Gasteiger partial charge on any atom is -0.492 e. The third-order valence-electron chi connectivity index (χ3n) is 4.32. The van der Waals surface area contributed by atoms with Crippen molar-refractivity contribution >= 4 is 55.8 Å². The van der Waals surface area contributed by atoms with Crippen LogP contribution in [0.4, 0.5) is 5.13 Å². The molecule has 152 valence electrons. The van der Waals surface area contributed by atoms with Crippen molar-refractivity contribution in [3.8, 4) is 5.75 Å². The molecule has 5 nitrogen and oxygen atoms in total. The largest absolute Gasteiger partial charge is 0.492 e. The average molecular weight is 458 g/mol. The first-order valence-electron chi connectivity index (χ1n) is 9.24. The fourth-order valence-electron chi connectivity index (χ4n) is 3.03. The van der Waals surface area contributed by atoms with Crippen LogP contribution in [-0.4, -0.2) is 22.5 Å². The highest BCUT2D eigenvalue weighted by Gasteiger charge is 2.23. The zero-order valence-corrected chi connectivity index (χ0v) is 18.3. The zero-order valence-electron chi connectivity index (χ0n) is 16.0. The van der Waals surface area contributed by atoms with Crippen LogP contribution in [0.25, 0.3) is 10.2 Å². The number of amides is 1. The number of pyridine rings is 1. The van der Waals surface area contributed by atoms with Crippen molar-refractivity contribution in [2.24, 2.45) is 0 Å². The molecule has 0 bridgehead atoms. The van der Waals surface area contributed by atoms with Gasteiger partial charge in [0, 0.05) is 28.0 Å². The molecular formula is C22H17Cl2N3O2S. The van der Waals surface area contributed by atoms with Gasteiger partial charge in [0.05, 0.1) is 17.9 Å². The third kappa shape index (κ3) is 4.41. The summed E-state index contributed by atoms with van der Waals surface area (Å²) in [5.41, 5.74) is 2.00. The number of hydrogen-bond donors (Lipinski definition) is 0. The summed E-state index contributed by atoms with van der Waals surface area (Å²) in [6.07, 6.45) is 3.42. The molecule has 2 heterocycles. The molecule has 0 saturated carbocycles. The van der Waals surface area contributed by atoms with E-state index in [1.807, 2.05) is 37.3 Å². The molecule has 0 spiro atoms. The maximum absolute atomic E-state index is 13.5. The van der Waals surface area contributed by atoms with Gasteiger partial charge >= 0.3 is 0 Å². The Morgan fingerprint density at radius 1 is 1.13 bits per heavy atom. The first kappa shape index (κ1) is 20.6. The summed E-state index contributed by atoms with van der Waals surface area (Å²) in [4.78, 5) is 24.0. The Kier molecular flexibility index (Phi) is 6.18. The van der Waals surface area contributed by atoms with Gasteiger partial charge in [-0.25, -0.2) is 4.98 Å². The predicted octanol–water partition coefficient (Wildman–Crippen LogP) is 6.24. The molecule has 0 fully saturated rings. The predicted molar refractivity (Wildman–Crippen MR) is 122 cm³/mol. The number of nitrogens with zero attached hydrogens (tertiary/aromatic N) is 3. The fraction of sp³-hybridized carbons (Fsp3) is 0.136. The van der Waals surface area contributed by atoms with Gasteiger partial charge in [-0.15, -0.1) is 0 Å². The molecule has 0 aliphatic heterocycles. The van der Waals surface area contributed by atoms with Crippen molar-refractivity contribution in [1.29, 1.82) is 0 Å². The van der Waals surface area contributed by atoms with E-state index in [0.29, 0.717) is 39.6 Å². The molecule has 0 saturated heterocycles. The maximum atomic E-state index is 13.5. The van der Waals surface area contributed by atoms with Gasteiger partial charge in [-0.05, 0) is 48.9 Å². The lowest BCUT2D eigenvalue weighted by atomic mass is 10.2. The molecule has 0 aliphatic carbocycles. The van der Waals surface area contributed by atoms with Crippen molar-refractivity contribution in [3.63, 3.8) is 0 Å². The molecule has 8 heteroatoms. The Hall–Kier alpha value is -2.67. The molecule has 0 aliphatic rings. The van der Waals surface area contributed by atoms with Crippen molar-refractivity contribution in [3.05, 3.63) is 82.1 Å². The van der Waals surface area contributed by atoms with Crippen LogP contribution < -0.4 is 9.64 Å². The minimum absolute atomic E-state index is 0.250. The van der Waals surface area contributed by atoms with E-state index in [1.165, 1.54) is 11.3 Å². The highest BCUT2D eigenvalue weighted by Crippen LogP contribution is 2.35. The van der Waals surface area contributed by atoms with Crippen LogP contribution in [0.15, 0.2) is 60.9 Å². The van der Waals surface area contributed by atoms with E-state index >= 15 is 0 Å². The van der Waals surface area contributed by atoms with Crippen molar-refractivity contribution in [2.45, 2.75) is 13.5 Å². The summed E-state index contributed by atoms with van der Waals surface area (Å²) in [6, 6.07) is 14.3. The Morgan fingerprint density at radius 2 is 1.93 bits per heavy atom. The highest BCUT2D eigenvalue weighted by molar-refractivity contribution is 7.22. The lowest BCUT2D eigenvalue weighted by Crippen LogP contribution is -2.30. The van der Waals surface area contributed by atoms with E-state index in [1.54, 1.807) is 35.5 Å². The second kappa shape index (κ2) is 9.00. The van der Waals surface area contributed by atoms with Gasteiger partial charge in [0.25, 0.3) is 5.91 Å². The first-order valence-corrected chi connectivity index (χ1v) is 10.8. The second-order valence-electron chi connectivity index (χ2n) is 6.44. The number of fused-ring (bicyclic) bond motifs is 1. The third-order valence-corrected chi connectivity index (χ3v) is 5.80. The monoisotopic (exact) mass is 457 g/mol. The molecule has 0 N–H and O–H groups in total. The number of thiazole rings is 1. The van der Waals surface area contributed by atoms with E-state index in [-0.39, 0.29) is 5.91 Å². The number of halogens is 2. The molecule has 0 radical (unpaired) electrons. The SMILES string of the molecule is CCOc1cccc2sc(N(Cc3cccnc3)C(=O)c3cc(Cl)cc(Cl)c3)nc12. The van der Waals surface area contributed by atoms with E-state index in [4.69, 9.17) is 32.9 Å². The van der Waals surface area contributed by atoms with Crippen LogP contribution >= 0.6 is 34.5 Å². The number of carbonyl (C=O) groups is 1. The van der Waals surface area contributed by atoms with Crippen LogP contribution in [0, 0.1) is 0 Å². The van der Waals surface area contributed by atoms with Crippen LogP contribution in [0.2, 0.25) is 10.0 Å². The number of aromatic nitrogens is 2. The summed E-state index contributed by atoms with van der Waals surface area (Å²) >= 11 is 13.7. The standard InChI is InChI=1S/C22H17Cl2N3O2S/c1-2-29-18-6-3-7-19-20(18)26-22(30-19)27(13-14-5-4-8-25-12-14)21(28)15-9-16(23)11-17(24)10-15/h3-12H,2,13H2,1H3. The summed E-state index contributed by atoms with van der Waals surface area (Å²) < 4.78 is 6.64. The summed E-state index contributed by atoms with van der Waals surface area (Å²) in [5, 5.41) is 1.35. The van der Waals surface area contributed by atoms with Gasteiger partial charge in [-0.2, -0.15) is 0 Å². The van der Waals surface area contributed by atoms with Gasteiger partial charge < -0.3 is 4.74 Å². The van der Waals surface area contributed by atoms with Crippen molar-refractivity contribution in [1.82, 2.24) is 9.97 Å². The molecule has 1 amide bonds. The summed E-state index contributed by atoms with van der Waals surface area (Å²) in [7, 11) is 0. The topological polar surface area (TPSA) is 55.3 Å². The maximum Gasteiger partial charge on any atom is 0.260 e. The van der Waals surface area contributed by atoms with Gasteiger partial charge in [0.2, 0.25) is 0 Å². The normalized spacial score (nSPS) is 10.9. The van der Waals surface area contributed by atoms with E-state index < -0.39 is 0 Å².